The number of anilines is 1. The average Bonchev–Trinajstić information content (AvgIpc) is 3.04. The summed E-state index contributed by atoms with van der Waals surface area (Å²) in [7, 11) is 0. The minimum Gasteiger partial charge on any atom is -0.435 e. The Morgan fingerprint density at radius 2 is 1.85 bits per heavy atom. The number of nitrogens with zero attached hydrogens (tertiary/aromatic N) is 2. The van der Waals surface area contributed by atoms with Crippen LogP contribution < -0.4 is 9.64 Å². The largest absolute Gasteiger partial charge is 0.435 e. The van der Waals surface area contributed by atoms with E-state index in [2.05, 4.69) is 4.74 Å². The fourth-order valence-electron chi connectivity index (χ4n) is 3.27. The van der Waals surface area contributed by atoms with Gasteiger partial charge < -0.3 is 14.5 Å². The Balaban J connectivity index is 1.74. The predicted molar refractivity (Wildman–Crippen MR) is 97.0 cm³/mol. The molecule has 0 spiro atoms. The van der Waals surface area contributed by atoms with E-state index in [0.717, 1.165) is 5.69 Å². The summed E-state index contributed by atoms with van der Waals surface area (Å²) in [6.07, 6.45) is 0.542. The zero-order valence-electron chi connectivity index (χ0n) is 14.8. The van der Waals surface area contributed by atoms with Gasteiger partial charge in [-0.05, 0) is 49.7 Å². The van der Waals surface area contributed by atoms with Crippen molar-refractivity contribution in [3.05, 3.63) is 60.2 Å². The molecule has 7 heteroatoms. The van der Waals surface area contributed by atoms with E-state index in [4.69, 9.17) is 0 Å². The molecule has 2 aromatic rings. The number of ether oxygens (including phenoxy) is 1. The SMILES string of the molecule is CCN(C(=O)c1ccc(OC(F)F)cc1)C1CCN(c2ccccc2)C1=O. The number of benzene rings is 2. The molecule has 1 unspecified atom stereocenters. The van der Waals surface area contributed by atoms with Crippen molar-refractivity contribution in [2.75, 3.05) is 18.0 Å². The summed E-state index contributed by atoms with van der Waals surface area (Å²) in [6.45, 7) is -0.199. The molecule has 0 radical (unpaired) electrons. The Bertz CT molecular complexity index is 797. The number of alkyl halides is 2. The number of halogens is 2. The molecule has 3 rings (SSSR count). The van der Waals surface area contributed by atoms with Crippen LogP contribution in [0.1, 0.15) is 23.7 Å². The number of carbonyl (C=O) groups excluding carboxylic acids is 2. The molecular formula is C20H20F2N2O3. The first-order valence-corrected chi connectivity index (χ1v) is 8.73. The lowest BCUT2D eigenvalue weighted by Crippen LogP contribution is -2.45. The van der Waals surface area contributed by atoms with Crippen LogP contribution in [0.3, 0.4) is 0 Å². The van der Waals surface area contributed by atoms with Crippen LogP contribution in [0.5, 0.6) is 5.75 Å². The monoisotopic (exact) mass is 374 g/mol. The van der Waals surface area contributed by atoms with Gasteiger partial charge in [-0.2, -0.15) is 8.78 Å². The van der Waals surface area contributed by atoms with Gasteiger partial charge in [0.25, 0.3) is 5.91 Å². The van der Waals surface area contributed by atoms with E-state index < -0.39 is 12.7 Å². The van der Waals surface area contributed by atoms with E-state index in [1.807, 2.05) is 37.3 Å². The topological polar surface area (TPSA) is 49.9 Å². The first-order chi connectivity index (χ1) is 13.0. The quantitative estimate of drug-likeness (QED) is 0.777. The highest BCUT2D eigenvalue weighted by molar-refractivity contribution is 6.03. The summed E-state index contributed by atoms with van der Waals surface area (Å²) < 4.78 is 28.8. The van der Waals surface area contributed by atoms with Gasteiger partial charge in [-0.1, -0.05) is 18.2 Å². The molecule has 1 aliphatic heterocycles. The van der Waals surface area contributed by atoms with Crippen LogP contribution in [0, 0.1) is 0 Å². The maximum absolute atomic E-state index is 12.9. The summed E-state index contributed by atoms with van der Waals surface area (Å²) in [5.74, 6) is -0.444. The van der Waals surface area contributed by atoms with Gasteiger partial charge in [-0.25, -0.2) is 0 Å². The minimum absolute atomic E-state index is 0.0169. The highest BCUT2D eigenvalue weighted by atomic mass is 19.3. The Kier molecular flexibility index (Phi) is 5.69. The first-order valence-electron chi connectivity index (χ1n) is 8.73. The molecule has 1 atom stereocenters. The lowest BCUT2D eigenvalue weighted by atomic mass is 10.1. The number of hydrogen-bond acceptors (Lipinski definition) is 3. The maximum Gasteiger partial charge on any atom is 0.387 e. The second kappa shape index (κ2) is 8.16. The van der Waals surface area contributed by atoms with Gasteiger partial charge in [0, 0.05) is 24.3 Å². The summed E-state index contributed by atoms with van der Waals surface area (Å²) in [5.41, 5.74) is 1.13. The minimum atomic E-state index is -2.92. The molecule has 5 nitrogen and oxygen atoms in total. The molecule has 1 heterocycles. The Hall–Kier alpha value is -2.96. The molecular weight excluding hydrogens is 354 g/mol. The molecule has 0 aliphatic carbocycles. The first kappa shape index (κ1) is 18.8. The zero-order valence-corrected chi connectivity index (χ0v) is 14.8. The van der Waals surface area contributed by atoms with Crippen LogP contribution in [0.25, 0.3) is 0 Å². The molecule has 1 aliphatic rings. The maximum atomic E-state index is 12.9. The molecule has 27 heavy (non-hydrogen) atoms. The fraction of sp³-hybridized carbons (Fsp3) is 0.300. The van der Waals surface area contributed by atoms with Gasteiger partial charge in [0.2, 0.25) is 5.91 Å². The van der Waals surface area contributed by atoms with Crippen LogP contribution in [0.4, 0.5) is 14.5 Å². The van der Waals surface area contributed by atoms with Crippen molar-refractivity contribution < 1.29 is 23.1 Å². The molecule has 2 aromatic carbocycles. The summed E-state index contributed by atoms with van der Waals surface area (Å²) in [4.78, 5) is 28.9. The number of rotatable bonds is 6. The van der Waals surface area contributed by atoms with Crippen molar-refractivity contribution in [3.63, 3.8) is 0 Å². The number of likely N-dealkylation sites (N-methyl/N-ethyl adjacent to an activating group) is 1. The van der Waals surface area contributed by atoms with Gasteiger partial charge in [0.15, 0.2) is 0 Å². The van der Waals surface area contributed by atoms with Gasteiger partial charge in [-0.3, -0.25) is 9.59 Å². The Morgan fingerprint density at radius 1 is 1.19 bits per heavy atom. The molecule has 0 N–H and O–H groups in total. The van der Waals surface area contributed by atoms with E-state index in [0.29, 0.717) is 25.1 Å². The Morgan fingerprint density at radius 3 is 2.44 bits per heavy atom. The molecule has 142 valence electrons. The molecule has 0 aromatic heterocycles. The lowest BCUT2D eigenvalue weighted by molar-refractivity contribution is -0.120. The lowest BCUT2D eigenvalue weighted by Gasteiger charge is -2.27. The molecule has 0 saturated carbocycles. The second-order valence-corrected chi connectivity index (χ2v) is 6.12. The van der Waals surface area contributed by atoms with Crippen LogP contribution in [0.15, 0.2) is 54.6 Å². The van der Waals surface area contributed by atoms with Gasteiger partial charge in [0.1, 0.15) is 11.8 Å². The molecule has 2 amide bonds. The highest BCUT2D eigenvalue weighted by Crippen LogP contribution is 2.25. The van der Waals surface area contributed by atoms with Gasteiger partial charge in [-0.15, -0.1) is 0 Å². The molecule has 1 saturated heterocycles. The normalized spacial score (nSPS) is 16.7. The van der Waals surface area contributed by atoms with E-state index in [1.54, 1.807) is 4.90 Å². The fourth-order valence-corrected chi connectivity index (χ4v) is 3.27. The van der Waals surface area contributed by atoms with E-state index in [9.17, 15) is 18.4 Å². The van der Waals surface area contributed by atoms with Crippen LogP contribution in [-0.2, 0) is 4.79 Å². The number of amides is 2. The third-order valence-corrected chi connectivity index (χ3v) is 4.55. The van der Waals surface area contributed by atoms with Crippen molar-refractivity contribution in [1.82, 2.24) is 4.90 Å². The van der Waals surface area contributed by atoms with Gasteiger partial charge in [0.05, 0.1) is 0 Å². The number of hydrogen-bond donors (Lipinski definition) is 0. The van der Waals surface area contributed by atoms with Gasteiger partial charge >= 0.3 is 6.61 Å². The third kappa shape index (κ3) is 4.07. The van der Waals surface area contributed by atoms with Crippen molar-refractivity contribution >= 4 is 17.5 Å². The van der Waals surface area contributed by atoms with Crippen molar-refractivity contribution in [1.29, 1.82) is 0 Å². The van der Waals surface area contributed by atoms with Crippen LogP contribution in [-0.4, -0.2) is 42.5 Å². The van der Waals surface area contributed by atoms with E-state index in [-0.39, 0.29) is 17.6 Å². The average molecular weight is 374 g/mol. The predicted octanol–water partition coefficient (Wildman–Crippen LogP) is 3.56. The molecule has 0 bridgehead atoms. The van der Waals surface area contributed by atoms with Crippen molar-refractivity contribution in [2.24, 2.45) is 0 Å². The second-order valence-electron chi connectivity index (χ2n) is 6.12. The third-order valence-electron chi connectivity index (χ3n) is 4.55. The van der Waals surface area contributed by atoms with Crippen LogP contribution >= 0.6 is 0 Å². The summed E-state index contributed by atoms with van der Waals surface area (Å²) in [5, 5.41) is 0. The standard InChI is InChI=1S/C20H20F2N2O3/c1-2-23(18(25)14-8-10-16(11-9-14)27-20(21)22)17-12-13-24(19(17)26)15-6-4-3-5-7-15/h3-11,17,20H,2,12-13H2,1H3. The zero-order chi connectivity index (χ0) is 19.4. The number of para-hydroxylation sites is 1. The number of carbonyl (C=O) groups is 2. The van der Waals surface area contributed by atoms with Crippen LogP contribution in [0.2, 0.25) is 0 Å². The molecule has 1 fully saturated rings. The summed E-state index contributed by atoms with van der Waals surface area (Å²) >= 11 is 0. The highest BCUT2D eigenvalue weighted by Gasteiger charge is 2.38. The Labute approximate surface area is 156 Å². The summed E-state index contributed by atoms with van der Waals surface area (Å²) in [6, 6.07) is 14.3. The van der Waals surface area contributed by atoms with E-state index in [1.165, 1.54) is 29.2 Å². The van der Waals surface area contributed by atoms with E-state index >= 15 is 0 Å². The smallest absolute Gasteiger partial charge is 0.387 e. The van der Waals surface area contributed by atoms with Crippen molar-refractivity contribution in [3.8, 4) is 5.75 Å². The van der Waals surface area contributed by atoms with Crippen molar-refractivity contribution in [2.45, 2.75) is 26.0 Å².